The smallest absolute Gasteiger partial charge is 0.127 e. The summed E-state index contributed by atoms with van der Waals surface area (Å²) in [5, 5.41) is 0. The van der Waals surface area contributed by atoms with Crippen LogP contribution in [0.25, 0.3) is 0 Å². The van der Waals surface area contributed by atoms with E-state index in [1.807, 2.05) is 0 Å². The first-order valence-corrected chi connectivity index (χ1v) is 6.76. The molecule has 0 aliphatic carbocycles. The molecule has 0 bridgehead atoms. The van der Waals surface area contributed by atoms with E-state index in [4.69, 9.17) is 5.73 Å². The van der Waals surface area contributed by atoms with Gasteiger partial charge in [-0.1, -0.05) is 55.4 Å². The van der Waals surface area contributed by atoms with Gasteiger partial charge in [-0.15, -0.1) is 0 Å². The fourth-order valence-electron chi connectivity index (χ4n) is 2.18. The third-order valence-corrected chi connectivity index (χ3v) is 3.24. The van der Waals surface area contributed by atoms with E-state index in [-0.39, 0.29) is 10.8 Å². The molecule has 0 aliphatic rings. The van der Waals surface area contributed by atoms with Crippen molar-refractivity contribution in [2.75, 3.05) is 5.73 Å². The van der Waals surface area contributed by atoms with Gasteiger partial charge in [0.1, 0.15) is 5.82 Å². The lowest BCUT2D eigenvalue weighted by Gasteiger charge is -2.29. The maximum absolute atomic E-state index is 6.15. The molecule has 0 aromatic carbocycles. The molecule has 0 aliphatic heterocycles. The molecule has 0 saturated carbocycles. The Morgan fingerprint density at radius 2 is 1.39 bits per heavy atom. The standard InChI is InChI=1S/C16H28N2/c1-10(2)13-11(15(3,4)5)9-12(14(17)18-13)16(6,7)8/h9-10H,1-8H3,(H2,17,18). The highest BCUT2D eigenvalue weighted by Crippen LogP contribution is 2.35. The Morgan fingerprint density at radius 3 is 1.72 bits per heavy atom. The summed E-state index contributed by atoms with van der Waals surface area (Å²) < 4.78 is 0. The molecule has 0 spiro atoms. The Hall–Kier alpha value is -1.05. The molecular weight excluding hydrogens is 220 g/mol. The topological polar surface area (TPSA) is 38.9 Å². The first kappa shape index (κ1) is 15.0. The Balaban J connectivity index is 3.57. The summed E-state index contributed by atoms with van der Waals surface area (Å²) >= 11 is 0. The summed E-state index contributed by atoms with van der Waals surface area (Å²) in [6.07, 6.45) is 0. The highest BCUT2D eigenvalue weighted by Gasteiger charge is 2.26. The quantitative estimate of drug-likeness (QED) is 0.801. The van der Waals surface area contributed by atoms with E-state index in [0.29, 0.717) is 11.7 Å². The molecule has 1 rings (SSSR count). The largest absolute Gasteiger partial charge is 0.383 e. The summed E-state index contributed by atoms with van der Waals surface area (Å²) in [5.41, 5.74) is 9.88. The van der Waals surface area contributed by atoms with Gasteiger partial charge < -0.3 is 5.73 Å². The molecule has 1 aromatic rings. The summed E-state index contributed by atoms with van der Waals surface area (Å²) in [7, 11) is 0. The van der Waals surface area contributed by atoms with Gasteiger partial charge in [0.2, 0.25) is 0 Å². The van der Waals surface area contributed by atoms with Crippen LogP contribution in [-0.2, 0) is 10.8 Å². The predicted octanol–water partition coefficient (Wildman–Crippen LogP) is 4.38. The van der Waals surface area contributed by atoms with E-state index in [9.17, 15) is 0 Å². The molecule has 0 amide bonds. The van der Waals surface area contributed by atoms with Crippen LogP contribution in [0.4, 0.5) is 5.82 Å². The van der Waals surface area contributed by atoms with Gasteiger partial charge in [0.25, 0.3) is 0 Å². The van der Waals surface area contributed by atoms with Crippen molar-refractivity contribution in [3.8, 4) is 0 Å². The van der Waals surface area contributed by atoms with Crippen LogP contribution in [0, 0.1) is 0 Å². The third kappa shape index (κ3) is 3.04. The highest BCUT2D eigenvalue weighted by atomic mass is 14.9. The zero-order valence-electron chi connectivity index (χ0n) is 13.2. The summed E-state index contributed by atoms with van der Waals surface area (Å²) in [4.78, 5) is 4.68. The second-order valence-electron chi connectivity index (χ2n) is 7.51. The molecule has 2 nitrogen and oxygen atoms in total. The van der Waals surface area contributed by atoms with E-state index in [1.54, 1.807) is 0 Å². The molecule has 102 valence electrons. The average molecular weight is 248 g/mol. The predicted molar refractivity (Wildman–Crippen MR) is 80.1 cm³/mol. The summed E-state index contributed by atoms with van der Waals surface area (Å²) in [6.45, 7) is 17.6. The number of anilines is 1. The van der Waals surface area contributed by atoms with Crippen LogP contribution in [0.3, 0.4) is 0 Å². The lowest BCUT2D eigenvalue weighted by molar-refractivity contribution is 0.553. The van der Waals surface area contributed by atoms with Gasteiger partial charge in [0.15, 0.2) is 0 Å². The van der Waals surface area contributed by atoms with Crippen molar-refractivity contribution < 1.29 is 0 Å². The van der Waals surface area contributed by atoms with Crippen LogP contribution in [0.2, 0.25) is 0 Å². The van der Waals surface area contributed by atoms with Crippen molar-refractivity contribution in [1.29, 1.82) is 0 Å². The normalized spacial score (nSPS) is 13.2. The van der Waals surface area contributed by atoms with Crippen molar-refractivity contribution in [1.82, 2.24) is 4.98 Å². The second-order valence-corrected chi connectivity index (χ2v) is 7.51. The van der Waals surface area contributed by atoms with Gasteiger partial charge in [-0.2, -0.15) is 0 Å². The fraction of sp³-hybridized carbons (Fsp3) is 0.688. The van der Waals surface area contributed by atoms with Crippen LogP contribution < -0.4 is 5.73 Å². The van der Waals surface area contributed by atoms with Crippen LogP contribution in [-0.4, -0.2) is 4.98 Å². The van der Waals surface area contributed by atoms with E-state index in [1.165, 1.54) is 5.56 Å². The average Bonchev–Trinajstić information content (AvgIpc) is 2.12. The van der Waals surface area contributed by atoms with Crippen molar-refractivity contribution >= 4 is 5.82 Å². The number of nitrogen functional groups attached to an aromatic ring is 1. The molecule has 1 aromatic heterocycles. The van der Waals surface area contributed by atoms with E-state index in [2.05, 4.69) is 66.4 Å². The van der Waals surface area contributed by atoms with Gasteiger partial charge in [0, 0.05) is 5.69 Å². The van der Waals surface area contributed by atoms with E-state index in [0.717, 1.165) is 11.3 Å². The van der Waals surface area contributed by atoms with Crippen LogP contribution in [0.5, 0.6) is 0 Å². The molecule has 2 N–H and O–H groups in total. The van der Waals surface area contributed by atoms with Crippen LogP contribution in [0.1, 0.15) is 78.1 Å². The molecule has 18 heavy (non-hydrogen) atoms. The van der Waals surface area contributed by atoms with Gasteiger partial charge in [-0.3, -0.25) is 0 Å². The maximum atomic E-state index is 6.15. The van der Waals surface area contributed by atoms with Gasteiger partial charge >= 0.3 is 0 Å². The Morgan fingerprint density at radius 1 is 0.944 bits per heavy atom. The zero-order chi connectivity index (χ0) is 14.3. The van der Waals surface area contributed by atoms with E-state index < -0.39 is 0 Å². The molecule has 0 fully saturated rings. The number of aromatic nitrogens is 1. The minimum Gasteiger partial charge on any atom is -0.383 e. The Bertz CT molecular complexity index is 432. The second kappa shape index (κ2) is 4.56. The molecule has 1 heterocycles. The van der Waals surface area contributed by atoms with Gasteiger partial charge in [0.05, 0.1) is 0 Å². The van der Waals surface area contributed by atoms with Gasteiger partial charge in [-0.25, -0.2) is 4.98 Å². The minimum absolute atomic E-state index is 0.0343. The fourth-order valence-corrected chi connectivity index (χ4v) is 2.18. The molecule has 0 saturated heterocycles. The zero-order valence-corrected chi connectivity index (χ0v) is 13.2. The lowest BCUT2D eigenvalue weighted by atomic mass is 9.79. The maximum Gasteiger partial charge on any atom is 0.127 e. The van der Waals surface area contributed by atoms with Crippen LogP contribution in [0.15, 0.2) is 6.07 Å². The third-order valence-electron chi connectivity index (χ3n) is 3.24. The van der Waals surface area contributed by atoms with Crippen molar-refractivity contribution in [2.45, 2.75) is 72.1 Å². The highest BCUT2D eigenvalue weighted by molar-refractivity contribution is 5.49. The molecule has 2 heteroatoms. The number of pyridine rings is 1. The first-order chi connectivity index (χ1) is 7.94. The van der Waals surface area contributed by atoms with Gasteiger partial charge in [-0.05, 0) is 33.9 Å². The van der Waals surface area contributed by atoms with Crippen molar-refractivity contribution in [2.24, 2.45) is 0 Å². The Labute approximate surface area is 112 Å². The Kier molecular flexibility index (Phi) is 3.81. The van der Waals surface area contributed by atoms with Crippen molar-refractivity contribution in [3.63, 3.8) is 0 Å². The molecule has 0 radical (unpaired) electrons. The number of nitrogens with zero attached hydrogens (tertiary/aromatic N) is 1. The van der Waals surface area contributed by atoms with E-state index >= 15 is 0 Å². The van der Waals surface area contributed by atoms with Crippen LogP contribution >= 0.6 is 0 Å². The minimum atomic E-state index is 0.0343. The molecule has 0 atom stereocenters. The lowest BCUT2D eigenvalue weighted by Crippen LogP contribution is -2.22. The number of hydrogen-bond acceptors (Lipinski definition) is 2. The summed E-state index contributed by atoms with van der Waals surface area (Å²) in [6, 6.07) is 2.26. The number of hydrogen-bond donors (Lipinski definition) is 1. The first-order valence-electron chi connectivity index (χ1n) is 6.76. The molecule has 0 unspecified atom stereocenters. The monoisotopic (exact) mass is 248 g/mol. The molecular formula is C16H28N2. The SMILES string of the molecule is CC(C)c1nc(N)c(C(C)(C)C)cc1C(C)(C)C. The van der Waals surface area contributed by atoms with Crippen molar-refractivity contribution in [3.05, 3.63) is 22.9 Å². The number of rotatable bonds is 1. The number of nitrogens with two attached hydrogens (primary N) is 1. The summed E-state index contributed by atoms with van der Waals surface area (Å²) in [5.74, 6) is 1.08.